The van der Waals surface area contributed by atoms with Gasteiger partial charge in [0.05, 0.1) is 0 Å². The van der Waals surface area contributed by atoms with Crippen LogP contribution in [0.4, 0.5) is 5.69 Å². The Bertz CT molecular complexity index is 836. The summed E-state index contributed by atoms with van der Waals surface area (Å²) in [5.41, 5.74) is 1.39. The largest absolute Gasteiger partial charge is 0.421 e. The first kappa shape index (κ1) is 13.1. The summed E-state index contributed by atoms with van der Waals surface area (Å²) in [4.78, 5) is 28.3. The van der Waals surface area contributed by atoms with Crippen LogP contribution in [0.15, 0.2) is 57.9 Å². The topological polar surface area (TPSA) is 77.1 Å². The number of nitrogens with one attached hydrogen (secondary N) is 1. The maximum absolute atomic E-state index is 12.3. The zero-order valence-corrected chi connectivity index (χ0v) is 11.3. The molecule has 6 nitrogen and oxygen atoms in total. The molecule has 0 fully saturated rings. The smallest absolute Gasteiger partial charge is 0.406 e. The number of carbonyl (C=O) groups excluding carboxylic acids is 1. The number of benzene rings is 1. The summed E-state index contributed by atoms with van der Waals surface area (Å²) in [5.74, 6) is -0.906. The highest BCUT2D eigenvalue weighted by molar-refractivity contribution is 5.94. The molecule has 1 unspecified atom stereocenters. The van der Waals surface area contributed by atoms with Gasteiger partial charge in [-0.3, -0.25) is 4.79 Å². The number of pyridine rings is 1. The van der Waals surface area contributed by atoms with Gasteiger partial charge in [-0.1, -0.05) is 18.2 Å². The van der Waals surface area contributed by atoms with Crippen LogP contribution in [0.2, 0.25) is 0 Å². The molecule has 0 radical (unpaired) electrons. The number of para-hydroxylation sites is 1. The van der Waals surface area contributed by atoms with Crippen molar-refractivity contribution >= 4 is 22.8 Å². The number of fused-ring (bicyclic) bond motifs is 1. The average molecular weight is 283 g/mol. The van der Waals surface area contributed by atoms with E-state index in [4.69, 9.17) is 4.42 Å². The van der Waals surface area contributed by atoms with E-state index in [0.717, 1.165) is 0 Å². The van der Waals surface area contributed by atoms with Gasteiger partial charge in [0.2, 0.25) is 5.91 Å². The van der Waals surface area contributed by atoms with E-state index in [-0.39, 0.29) is 5.91 Å². The summed E-state index contributed by atoms with van der Waals surface area (Å²) in [6.45, 7) is 1.63. The normalized spacial score (nSPS) is 12.2. The summed E-state index contributed by atoms with van der Waals surface area (Å²) in [5, 5.41) is 2.75. The lowest BCUT2D eigenvalue weighted by Gasteiger charge is -2.12. The van der Waals surface area contributed by atoms with Crippen LogP contribution in [0, 0.1) is 0 Å². The third-order valence-electron chi connectivity index (χ3n) is 3.18. The number of oxazole rings is 1. The van der Waals surface area contributed by atoms with Crippen molar-refractivity contribution < 1.29 is 9.21 Å². The van der Waals surface area contributed by atoms with Crippen molar-refractivity contribution in [2.24, 2.45) is 0 Å². The predicted molar refractivity (Wildman–Crippen MR) is 78.1 cm³/mol. The Kier molecular flexibility index (Phi) is 3.27. The maximum Gasteiger partial charge on any atom is 0.421 e. The third kappa shape index (κ3) is 2.43. The Balaban J connectivity index is 1.93. The Morgan fingerprint density at radius 1 is 1.24 bits per heavy atom. The molecule has 2 heterocycles. The molecule has 1 atom stereocenters. The zero-order chi connectivity index (χ0) is 14.8. The van der Waals surface area contributed by atoms with Crippen molar-refractivity contribution in [2.45, 2.75) is 13.0 Å². The van der Waals surface area contributed by atoms with Crippen molar-refractivity contribution in [1.29, 1.82) is 0 Å². The lowest BCUT2D eigenvalue weighted by atomic mass is 10.2. The van der Waals surface area contributed by atoms with Gasteiger partial charge >= 0.3 is 5.76 Å². The molecule has 0 aliphatic carbocycles. The minimum atomic E-state index is -0.728. The molecule has 6 heteroatoms. The van der Waals surface area contributed by atoms with Gasteiger partial charge in [0.1, 0.15) is 6.04 Å². The van der Waals surface area contributed by atoms with Crippen molar-refractivity contribution in [2.75, 3.05) is 5.32 Å². The van der Waals surface area contributed by atoms with Gasteiger partial charge in [0.25, 0.3) is 0 Å². The summed E-state index contributed by atoms with van der Waals surface area (Å²) < 4.78 is 6.33. The highest BCUT2D eigenvalue weighted by Gasteiger charge is 2.22. The first-order valence-corrected chi connectivity index (χ1v) is 6.49. The van der Waals surface area contributed by atoms with Crippen LogP contribution in [-0.4, -0.2) is 15.5 Å². The second kappa shape index (κ2) is 5.24. The van der Waals surface area contributed by atoms with Gasteiger partial charge in [0.15, 0.2) is 11.2 Å². The van der Waals surface area contributed by atoms with Crippen LogP contribution < -0.4 is 11.1 Å². The molecule has 3 aromatic rings. The summed E-state index contributed by atoms with van der Waals surface area (Å²) in [7, 11) is 0. The van der Waals surface area contributed by atoms with Gasteiger partial charge in [-0.2, -0.15) is 0 Å². The molecule has 2 aromatic heterocycles. The molecule has 1 N–H and O–H groups in total. The van der Waals surface area contributed by atoms with Crippen LogP contribution >= 0.6 is 0 Å². The number of hydrogen-bond donors (Lipinski definition) is 1. The molecule has 21 heavy (non-hydrogen) atoms. The third-order valence-corrected chi connectivity index (χ3v) is 3.18. The lowest BCUT2D eigenvalue weighted by molar-refractivity contribution is -0.118. The van der Waals surface area contributed by atoms with Crippen LogP contribution in [0.25, 0.3) is 11.2 Å². The van der Waals surface area contributed by atoms with Crippen molar-refractivity contribution in [1.82, 2.24) is 9.55 Å². The fourth-order valence-corrected chi connectivity index (χ4v) is 2.10. The molecule has 3 rings (SSSR count). The molecule has 106 valence electrons. The highest BCUT2D eigenvalue weighted by Crippen LogP contribution is 2.16. The minimum absolute atomic E-state index is 0.309. The Labute approximate surface area is 120 Å². The van der Waals surface area contributed by atoms with E-state index in [1.54, 1.807) is 37.4 Å². The van der Waals surface area contributed by atoms with Gasteiger partial charge in [-0.15, -0.1) is 0 Å². The Hall–Kier alpha value is -2.89. The quantitative estimate of drug-likeness (QED) is 0.799. The van der Waals surface area contributed by atoms with E-state index in [2.05, 4.69) is 10.3 Å². The number of carbonyl (C=O) groups is 1. The van der Waals surface area contributed by atoms with Gasteiger partial charge < -0.3 is 9.73 Å². The second-order valence-corrected chi connectivity index (χ2v) is 4.59. The number of aromatic nitrogens is 2. The second-order valence-electron chi connectivity index (χ2n) is 4.59. The van der Waals surface area contributed by atoms with E-state index in [1.165, 1.54) is 4.57 Å². The number of hydrogen-bond acceptors (Lipinski definition) is 4. The predicted octanol–water partition coefficient (Wildman–Crippen LogP) is 2.19. The fraction of sp³-hybridized carbons (Fsp3) is 0.133. The van der Waals surface area contributed by atoms with Gasteiger partial charge in [-0.05, 0) is 31.2 Å². The molecular formula is C15H13N3O3. The standard InChI is InChI=1S/C15H13N3O3/c1-10(14(19)17-11-6-3-2-4-7-11)18-13-12(21-15(18)20)8-5-9-16-13/h2-10H,1H3,(H,17,19). The number of anilines is 1. The van der Waals surface area contributed by atoms with E-state index in [9.17, 15) is 9.59 Å². The Morgan fingerprint density at radius 2 is 2.00 bits per heavy atom. The molecule has 0 aliphatic rings. The van der Waals surface area contributed by atoms with E-state index in [0.29, 0.717) is 16.9 Å². The van der Waals surface area contributed by atoms with Crippen LogP contribution in [0.3, 0.4) is 0 Å². The molecule has 0 saturated heterocycles. The fourth-order valence-electron chi connectivity index (χ4n) is 2.10. The minimum Gasteiger partial charge on any atom is -0.406 e. The molecule has 1 aromatic carbocycles. The van der Waals surface area contributed by atoms with Gasteiger partial charge in [0, 0.05) is 11.9 Å². The molecule has 0 saturated carbocycles. The monoisotopic (exact) mass is 283 g/mol. The van der Waals surface area contributed by atoms with Crippen LogP contribution in [0.5, 0.6) is 0 Å². The van der Waals surface area contributed by atoms with E-state index in [1.807, 2.05) is 18.2 Å². The summed E-state index contributed by atoms with van der Waals surface area (Å²) >= 11 is 0. The SMILES string of the molecule is CC(C(=O)Nc1ccccc1)n1c(=O)oc2cccnc21. The first-order valence-electron chi connectivity index (χ1n) is 6.49. The Morgan fingerprint density at radius 3 is 2.76 bits per heavy atom. The molecule has 0 bridgehead atoms. The summed E-state index contributed by atoms with van der Waals surface area (Å²) in [6, 6.07) is 11.6. The number of nitrogens with zero attached hydrogens (tertiary/aromatic N) is 2. The average Bonchev–Trinajstić information content (AvgIpc) is 2.83. The number of rotatable bonds is 3. The van der Waals surface area contributed by atoms with E-state index >= 15 is 0 Å². The van der Waals surface area contributed by atoms with Crippen LogP contribution in [-0.2, 0) is 4.79 Å². The molecule has 0 spiro atoms. The summed E-state index contributed by atoms with van der Waals surface area (Å²) in [6.07, 6.45) is 1.55. The molecular weight excluding hydrogens is 270 g/mol. The molecule has 0 aliphatic heterocycles. The number of amides is 1. The molecule has 1 amide bonds. The van der Waals surface area contributed by atoms with Gasteiger partial charge in [-0.25, -0.2) is 14.3 Å². The van der Waals surface area contributed by atoms with Crippen LogP contribution in [0.1, 0.15) is 13.0 Å². The first-order chi connectivity index (χ1) is 10.2. The van der Waals surface area contributed by atoms with Crippen molar-refractivity contribution in [3.63, 3.8) is 0 Å². The zero-order valence-electron chi connectivity index (χ0n) is 11.3. The van der Waals surface area contributed by atoms with Crippen molar-refractivity contribution in [3.05, 3.63) is 59.2 Å². The lowest BCUT2D eigenvalue weighted by Crippen LogP contribution is -2.29. The van der Waals surface area contributed by atoms with Crippen molar-refractivity contribution in [3.8, 4) is 0 Å². The van der Waals surface area contributed by atoms with E-state index < -0.39 is 11.8 Å². The maximum atomic E-state index is 12.3. The highest BCUT2D eigenvalue weighted by atomic mass is 16.4.